The largest absolute Gasteiger partial charge is 0.493 e. The summed E-state index contributed by atoms with van der Waals surface area (Å²) in [6, 6.07) is 6.08. The summed E-state index contributed by atoms with van der Waals surface area (Å²) in [7, 11) is 1.38. The van der Waals surface area contributed by atoms with Crippen molar-refractivity contribution < 1.29 is 41.9 Å². The van der Waals surface area contributed by atoms with E-state index in [0.29, 0.717) is 18.4 Å². The second kappa shape index (κ2) is 10.7. The number of anilines is 1. The van der Waals surface area contributed by atoms with Gasteiger partial charge in [0, 0.05) is 12.1 Å². The maximum Gasteiger partial charge on any atom is 0.418 e. The standard InChI is InChI=1S/C21H21F3N2O7/c1-12(2)10-32-17-7-4-13(8-18(17)31-3)20(28)33-11-19(27)25-16-6-5-14(26(29)30)9-15(16)21(22,23)24/h4-9,12H,10-11H2,1-3H3,(H,25,27). The fraction of sp³-hybridized carbons (Fsp3) is 0.333. The van der Waals surface area contributed by atoms with Crippen LogP contribution in [0.1, 0.15) is 29.8 Å². The van der Waals surface area contributed by atoms with Crippen LogP contribution in [0.25, 0.3) is 0 Å². The minimum Gasteiger partial charge on any atom is -0.493 e. The number of hydrogen-bond acceptors (Lipinski definition) is 7. The number of nitro benzene ring substituents is 1. The summed E-state index contributed by atoms with van der Waals surface area (Å²) in [5.41, 5.74) is -2.87. The van der Waals surface area contributed by atoms with Gasteiger partial charge in [0.15, 0.2) is 18.1 Å². The van der Waals surface area contributed by atoms with E-state index in [1.807, 2.05) is 19.2 Å². The average Bonchev–Trinajstić information content (AvgIpc) is 2.75. The van der Waals surface area contributed by atoms with Crippen molar-refractivity contribution in [2.75, 3.05) is 25.6 Å². The molecule has 0 fully saturated rings. The predicted molar refractivity (Wildman–Crippen MR) is 110 cm³/mol. The molecule has 0 aliphatic rings. The second-order valence-electron chi connectivity index (χ2n) is 7.18. The number of carbonyl (C=O) groups excluding carboxylic acids is 2. The van der Waals surface area contributed by atoms with E-state index in [2.05, 4.69) is 0 Å². The van der Waals surface area contributed by atoms with E-state index in [0.717, 1.165) is 12.1 Å². The number of benzene rings is 2. The Morgan fingerprint density at radius 1 is 1.12 bits per heavy atom. The zero-order chi connectivity index (χ0) is 24.8. The molecule has 1 N–H and O–H groups in total. The first-order chi connectivity index (χ1) is 15.4. The SMILES string of the molecule is COc1cc(C(=O)OCC(=O)Nc2ccc([N+](=O)[O-])cc2C(F)(F)F)ccc1OCC(C)C. The van der Waals surface area contributed by atoms with Gasteiger partial charge in [0.25, 0.3) is 11.6 Å². The van der Waals surface area contributed by atoms with Gasteiger partial charge in [-0.05, 0) is 30.2 Å². The molecule has 0 bridgehead atoms. The van der Waals surface area contributed by atoms with Gasteiger partial charge >= 0.3 is 12.1 Å². The molecule has 2 rings (SSSR count). The first kappa shape index (κ1) is 25.4. The van der Waals surface area contributed by atoms with Crippen molar-refractivity contribution in [2.45, 2.75) is 20.0 Å². The van der Waals surface area contributed by atoms with Gasteiger partial charge in [-0.15, -0.1) is 0 Å². The molecule has 1 amide bonds. The molecule has 33 heavy (non-hydrogen) atoms. The molecule has 0 unspecified atom stereocenters. The Hall–Kier alpha value is -3.83. The number of esters is 1. The number of methoxy groups -OCH3 is 1. The lowest BCUT2D eigenvalue weighted by Gasteiger charge is -2.14. The summed E-state index contributed by atoms with van der Waals surface area (Å²) in [6.45, 7) is 3.44. The molecule has 0 atom stereocenters. The first-order valence-electron chi connectivity index (χ1n) is 9.55. The summed E-state index contributed by atoms with van der Waals surface area (Å²) < 4.78 is 55.2. The van der Waals surface area contributed by atoms with Gasteiger partial charge < -0.3 is 19.5 Å². The van der Waals surface area contributed by atoms with Gasteiger partial charge in [0.05, 0.1) is 35.5 Å². The zero-order valence-corrected chi connectivity index (χ0v) is 17.9. The third-order valence-electron chi connectivity index (χ3n) is 4.10. The van der Waals surface area contributed by atoms with Gasteiger partial charge in [-0.2, -0.15) is 13.2 Å². The molecule has 2 aromatic rings. The predicted octanol–water partition coefficient (Wildman–Crippen LogP) is 4.45. The number of nitrogens with zero attached hydrogens (tertiary/aromatic N) is 1. The zero-order valence-electron chi connectivity index (χ0n) is 17.9. The molecule has 0 heterocycles. The lowest BCUT2D eigenvalue weighted by molar-refractivity contribution is -0.385. The minimum atomic E-state index is -4.96. The Kier molecular flexibility index (Phi) is 8.21. The fourth-order valence-electron chi connectivity index (χ4n) is 2.56. The van der Waals surface area contributed by atoms with Crippen LogP contribution < -0.4 is 14.8 Å². The molecule has 0 radical (unpaired) electrons. The van der Waals surface area contributed by atoms with Crippen LogP contribution in [0.5, 0.6) is 11.5 Å². The summed E-state index contributed by atoms with van der Waals surface area (Å²) in [5.74, 6) is -1.06. The second-order valence-corrected chi connectivity index (χ2v) is 7.18. The Bertz CT molecular complexity index is 1040. The normalized spacial score (nSPS) is 11.1. The Balaban J connectivity index is 2.06. The number of hydrogen-bond donors (Lipinski definition) is 1. The van der Waals surface area contributed by atoms with Gasteiger partial charge in [0.2, 0.25) is 0 Å². The summed E-state index contributed by atoms with van der Waals surface area (Å²) in [6.07, 6.45) is -4.96. The van der Waals surface area contributed by atoms with E-state index in [4.69, 9.17) is 14.2 Å². The number of carbonyl (C=O) groups is 2. The highest BCUT2D eigenvalue weighted by molar-refractivity contribution is 5.96. The van der Waals surface area contributed by atoms with Gasteiger partial charge in [-0.3, -0.25) is 14.9 Å². The molecule has 0 aliphatic heterocycles. The Labute approximate surface area is 186 Å². The van der Waals surface area contributed by atoms with Crippen LogP contribution in [0.15, 0.2) is 36.4 Å². The number of halogens is 3. The lowest BCUT2D eigenvalue weighted by Crippen LogP contribution is -2.23. The number of rotatable bonds is 9. The maximum absolute atomic E-state index is 13.2. The number of ether oxygens (including phenoxy) is 3. The third kappa shape index (κ3) is 7.09. The molecule has 0 aliphatic carbocycles. The van der Waals surface area contributed by atoms with Crippen LogP contribution in [0, 0.1) is 16.0 Å². The van der Waals surface area contributed by atoms with Crippen molar-refractivity contribution in [3.05, 3.63) is 57.6 Å². The van der Waals surface area contributed by atoms with Crippen LogP contribution in [0.2, 0.25) is 0 Å². The van der Waals surface area contributed by atoms with Crippen molar-refractivity contribution >= 4 is 23.3 Å². The van der Waals surface area contributed by atoms with Crippen LogP contribution in [-0.4, -0.2) is 37.1 Å². The molecular formula is C21H21F3N2O7. The highest BCUT2D eigenvalue weighted by atomic mass is 19.4. The third-order valence-corrected chi connectivity index (χ3v) is 4.10. The van der Waals surface area contributed by atoms with Gasteiger partial charge in [-0.1, -0.05) is 13.8 Å². The van der Waals surface area contributed by atoms with Gasteiger partial charge in [-0.25, -0.2) is 4.79 Å². The van der Waals surface area contributed by atoms with Crippen LogP contribution >= 0.6 is 0 Å². The van der Waals surface area contributed by atoms with Crippen molar-refractivity contribution in [1.82, 2.24) is 0 Å². The van der Waals surface area contributed by atoms with Crippen molar-refractivity contribution in [3.8, 4) is 11.5 Å². The molecule has 178 valence electrons. The van der Waals surface area contributed by atoms with E-state index in [1.54, 1.807) is 0 Å². The Morgan fingerprint density at radius 2 is 1.82 bits per heavy atom. The quantitative estimate of drug-likeness (QED) is 0.327. The van der Waals surface area contributed by atoms with Crippen LogP contribution in [0.3, 0.4) is 0 Å². The lowest BCUT2D eigenvalue weighted by atomic mass is 10.1. The van der Waals surface area contributed by atoms with Crippen molar-refractivity contribution in [2.24, 2.45) is 5.92 Å². The number of alkyl halides is 3. The molecular weight excluding hydrogens is 449 g/mol. The topological polar surface area (TPSA) is 117 Å². The van der Waals surface area contributed by atoms with Crippen LogP contribution in [0.4, 0.5) is 24.5 Å². The maximum atomic E-state index is 13.2. The number of nitro groups is 1. The van der Waals surface area contributed by atoms with Crippen molar-refractivity contribution in [1.29, 1.82) is 0 Å². The molecule has 0 saturated heterocycles. The monoisotopic (exact) mass is 470 g/mol. The van der Waals surface area contributed by atoms with Crippen LogP contribution in [-0.2, 0) is 15.7 Å². The van der Waals surface area contributed by atoms with Gasteiger partial charge in [0.1, 0.15) is 0 Å². The van der Waals surface area contributed by atoms with E-state index in [-0.39, 0.29) is 17.2 Å². The average molecular weight is 470 g/mol. The smallest absolute Gasteiger partial charge is 0.418 e. The van der Waals surface area contributed by atoms with E-state index in [9.17, 15) is 32.9 Å². The summed E-state index contributed by atoms with van der Waals surface area (Å²) in [4.78, 5) is 34.0. The van der Waals surface area contributed by atoms with E-state index < -0.39 is 46.5 Å². The fourth-order valence-corrected chi connectivity index (χ4v) is 2.56. The number of nitrogens with one attached hydrogen (secondary N) is 1. The first-order valence-corrected chi connectivity index (χ1v) is 9.55. The Morgan fingerprint density at radius 3 is 2.39 bits per heavy atom. The summed E-state index contributed by atoms with van der Waals surface area (Å²) in [5, 5.41) is 12.7. The molecule has 12 heteroatoms. The molecule has 9 nitrogen and oxygen atoms in total. The highest BCUT2D eigenvalue weighted by Gasteiger charge is 2.35. The number of amides is 1. The number of non-ortho nitro benzene ring substituents is 1. The molecule has 2 aromatic carbocycles. The molecule has 0 aromatic heterocycles. The summed E-state index contributed by atoms with van der Waals surface area (Å²) >= 11 is 0. The molecule has 0 saturated carbocycles. The minimum absolute atomic E-state index is 0.0304. The van der Waals surface area contributed by atoms with Crippen molar-refractivity contribution in [3.63, 3.8) is 0 Å². The van der Waals surface area contributed by atoms with E-state index in [1.165, 1.54) is 25.3 Å². The van der Waals surface area contributed by atoms with E-state index >= 15 is 0 Å². The molecule has 0 spiro atoms. The highest BCUT2D eigenvalue weighted by Crippen LogP contribution is 2.37.